The number of primary amides is 1. The van der Waals surface area contributed by atoms with Gasteiger partial charge in [-0.2, -0.15) is 0 Å². The third-order valence-corrected chi connectivity index (χ3v) is 6.01. The Hall–Kier alpha value is -4.51. The summed E-state index contributed by atoms with van der Waals surface area (Å²) < 4.78 is 19.2. The molecule has 0 spiro atoms. The third-order valence-electron chi connectivity index (χ3n) is 6.01. The molecule has 0 aliphatic rings. The SMILES string of the molecule is COc1ccc(N(C)C(=O)[C@H](CCc2ccccc2)NC(N)=O)cc1.Nc1ccccc1-c1ccccc1.OSO.[HH].[HH].[HH]. The van der Waals surface area contributed by atoms with Crippen molar-refractivity contribution in [2.45, 2.75) is 18.9 Å². The summed E-state index contributed by atoms with van der Waals surface area (Å²) in [4.78, 5) is 25.6. The standard InChI is InChI=1S/C19H23N3O3.C12H11N.H2O2S.3H2/c1-22(15-9-11-16(25-2)12-10-15)18(23)17(21-19(20)24)13-8-14-6-4-3-5-7-14;13-12-9-5-4-8-11(12)10-6-2-1-3-7-10;1-3-2;;;/h3-7,9-12,17H,8,13H2,1-2H3,(H3,20,21,24);1-9H,13H2;1-2H;3*1H/t17-;;;;;/m0...../s1. The maximum Gasteiger partial charge on any atom is 0.312 e. The lowest BCUT2D eigenvalue weighted by Gasteiger charge is -2.24. The van der Waals surface area contributed by atoms with Crippen molar-refractivity contribution >= 4 is 35.6 Å². The molecule has 0 radical (unpaired) electrons. The molecule has 9 nitrogen and oxygen atoms in total. The second-order valence-electron chi connectivity index (χ2n) is 8.72. The first-order valence-corrected chi connectivity index (χ1v) is 13.4. The number of nitrogens with two attached hydrogens (primary N) is 2. The summed E-state index contributed by atoms with van der Waals surface area (Å²) in [5.41, 5.74) is 16.0. The van der Waals surface area contributed by atoms with Crippen LogP contribution in [0.1, 0.15) is 16.3 Å². The van der Waals surface area contributed by atoms with Crippen LogP contribution in [0.25, 0.3) is 11.1 Å². The Labute approximate surface area is 249 Å². The van der Waals surface area contributed by atoms with Gasteiger partial charge in [-0.15, -0.1) is 0 Å². The van der Waals surface area contributed by atoms with Crippen LogP contribution in [0.15, 0.2) is 109 Å². The van der Waals surface area contributed by atoms with Crippen LogP contribution < -0.4 is 26.4 Å². The highest BCUT2D eigenvalue weighted by Crippen LogP contribution is 2.24. The van der Waals surface area contributed by atoms with E-state index in [1.165, 1.54) is 10.5 Å². The number of carbonyl (C=O) groups excluding carboxylic acids is 2. The molecule has 4 rings (SSSR count). The van der Waals surface area contributed by atoms with Crippen molar-refractivity contribution in [2.24, 2.45) is 5.73 Å². The van der Waals surface area contributed by atoms with E-state index < -0.39 is 12.1 Å². The molecule has 41 heavy (non-hydrogen) atoms. The second kappa shape index (κ2) is 18.0. The number of para-hydroxylation sites is 1. The van der Waals surface area contributed by atoms with E-state index in [2.05, 4.69) is 17.4 Å². The van der Waals surface area contributed by atoms with Crippen molar-refractivity contribution in [3.63, 3.8) is 0 Å². The van der Waals surface area contributed by atoms with Gasteiger partial charge in [0.25, 0.3) is 0 Å². The molecule has 4 aromatic carbocycles. The number of nitrogens with one attached hydrogen (secondary N) is 1. The second-order valence-corrected chi connectivity index (χ2v) is 8.88. The number of hydrogen-bond acceptors (Lipinski definition) is 7. The zero-order chi connectivity index (χ0) is 30.0. The lowest BCUT2D eigenvalue weighted by Crippen LogP contribution is -2.49. The van der Waals surface area contributed by atoms with Gasteiger partial charge in [0.2, 0.25) is 5.91 Å². The van der Waals surface area contributed by atoms with Crippen LogP contribution in [0.4, 0.5) is 16.2 Å². The van der Waals surface area contributed by atoms with Crippen LogP contribution >= 0.6 is 12.3 Å². The smallest absolute Gasteiger partial charge is 0.312 e. The molecule has 7 N–H and O–H groups in total. The van der Waals surface area contributed by atoms with Gasteiger partial charge >= 0.3 is 6.03 Å². The van der Waals surface area contributed by atoms with Crippen molar-refractivity contribution in [3.05, 3.63) is 115 Å². The minimum absolute atomic E-state index is 0. The largest absolute Gasteiger partial charge is 0.497 e. The van der Waals surface area contributed by atoms with E-state index in [9.17, 15) is 9.59 Å². The number of benzene rings is 4. The number of methoxy groups -OCH3 is 1. The summed E-state index contributed by atoms with van der Waals surface area (Å²) in [5, 5.41) is 2.55. The third kappa shape index (κ3) is 11.2. The molecule has 4 aromatic rings. The molecular weight excluding hydrogens is 540 g/mol. The topological polar surface area (TPSA) is 151 Å². The lowest BCUT2D eigenvalue weighted by atomic mass is 10.0. The Balaban J connectivity index is 0. The van der Waals surface area contributed by atoms with E-state index >= 15 is 0 Å². The molecule has 0 saturated carbocycles. The molecule has 1 atom stereocenters. The number of rotatable bonds is 8. The van der Waals surface area contributed by atoms with Gasteiger partial charge in [-0.25, -0.2) is 4.79 Å². The fourth-order valence-electron chi connectivity index (χ4n) is 3.93. The van der Waals surface area contributed by atoms with E-state index in [4.69, 9.17) is 25.3 Å². The maximum atomic E-state index is 12.8. The van der Waals surface area contributed by atoms with Crippen LogP contribution in [0.2, 0.25) is 0 Å². The van der Waals surface area contributed by atoms with Gasteiger partial charge in [0.05, 0.1) is 7.11 Å². The van der Waals surface area contributed by atoms with E-state index in [0.717, 1.165) is 16.8 Å². The highest BCUT2D eigenvalue weighted by atomic mass is 32.2. The number of nitrogens with zero attached hydrogens (tertiary/aromatic N) is 1. The zero-order valence-corrected chi connectivity index (χ0v) is 23.8. The van der Waals surface area contributed by atoms with Gasteiger partial charge in [-0.3, -0.25) is 4.79 Å². The number of amides is 3. The van der Waals surface area contributed by atoms with E-state index in [-0.39, 0.29) is 22.5 Å². The quantitative estimate of drug-likeness (QED) is 0.115. The van der Waals surface area contributed by atoms with Crippen molar-refractivity contribution in [1.29, 1.82) is 0 Å². The zero-order valence-electron chi connectivity index (χ0n) is 23.0. The van der Waals surface area contributed by atoms with Gasteiger partial charge in [-0.1, -0.05) is 78.9 Å². The minimum atomic E-state index is -0.713. The summed E-state index contributed by atoms with van der Waals surface area (Å²) in [6.45, 7) is 0. The molecule has 0 unspecified atom stereocenters. The number of ether oxygens (including phenoxy) is 1. The summed E-state index contributed by atoms with van der Waals surface area (Å²) in [6.07, 6.45) is 1.13. The minimum Gasteiger partial charge on any atom is -0.497 e. The number of hydrogen-bond donors (Lipinski definition) is 5. The monoisotopic (exact) mass is 582 g/mol. The highest BCUT2D eigenvalue weighted by Gasteiger charge is 2.24. The van der Waals surface area contributed by atoms with Crippen molar-refractivity contribution in [3.8, 4) is 16.9 Å². The fourth-order valence-corrected chi connectivity index (χ4v) is 3.93. The molecule has 0 aromatic heterocycles. The average Bonchev–Trinajstić information content (AvgIpc) is 3.00. The van der Waals surface area contributed by atoms with Gasteiger partial charge in [-0.05, 0) is 54.3 Å². The predicted octanol–water partition coefficient (Wildman–Crippen LogP) is 6.67. The Kier molecular flexibility index (Phi) is 14.3. The molecule has 0 heterocycles. The molecule has 0 aliphatic carbocycles. The average molecular weight is 583 g/mol. The molecule has 3 amide bonds. The van der Waals surface area contributed by atoms with Crippen LogP contribution in [-0.2, 0) is 11.2 Å². The van der Waals surface area contributed by atoms with Crippen LogP contribution in [0, 0.1) is 0 Å². The summed E-state index contributed by atoms with van der Waals surface area (Å²) in [7, 11) is 3.25. The first-order chi connectivity index (χ1) is 19.8. The van der Waals surface area contributed by atoms with Gasteiger partial charge in [0.15, 0.2) is 12.3 Å². The number of anilines is 2. The number of carbonyl (C=O) groups is 2. The summed E-state index contributed by atoms with van der Waals surface area (Å²) >= 11 is -0.250. The maximum absolute atomic E-state index is 12.8. The summed E-state index contributed by atoms with van der Waals surface area (Å²) in [5.74, 6) is 0.486. The molecule has 0 fully saturated rings. The summed E-state index contributed by atoms with van der Waals surface area (Å²) in [6, 6.07) is 33.6. The molecule has 10 heteroatoms. The van der Waals surface area contributed by atoms with Crippen molar-refractivity contribution in [1.82, 2.24) is 5.32 Å². The molecule has 0 saturated heterocycles. The highest BCUT2D eigenvalue weighted by molar-refractivity contribution is 7.87. The Morgan fingerprint density at radius 3 is 1.98 bits per heavy atom. The van der Waals surface area contributed by atoms with E-state index in [1.807, 2.05) is 72.8 Å². The Bertz CT molecular complexity index is 1340. The molecular formula is C31H42N4O5S. The first kappa shape index (κ1) is 32.7. The normalized spacial score (nSPS) is 10.5. The Morgan fingerprint density at radius 2 is 1.44 bits per heavy atom. The molecule has 222 valence electrons. The van der Waals surface area contributed by atoms with E-state index in [1.54, 1.807) is 38.4 Å². The fraction of sp³-hybridized carbons (Fsp3) is 0.161. The van der Waals surface area contributed by atoms with E-state index in [0.29, 0.717) is 24.3 Å². The lowest BCUT2D eigenvalue weighted by molar-refractivity contribution is -0.120. The van der Waals surface area contributed by atoms with Crippen LogP contribution in [0.3, 0.4) is 0 Å². The first-order valence-electron chi connectivity index (χ1n) is 12.7. The predicted molar refractivity (Wildman–Crippen MR) is 173 cm³/mol. The van der Waals surface area contributed by atoms with Gasteiger partial charge < -0.3 is 35.5 Å². The number of likely N-dealkylation sites (N-methyl/N-ethyl adjacent to an activating group) is 1. The van der Waals surface area contributed by atoms with Gasteiger partial charge in [0.1, 0.15) is 11.8 Å². The number of aryl methyl sites for hydroxylation is 1. The van der Waals surface area contributed by atoms with Crippen LogP contribution in [-0.4, -0.2) is 41.2 Å². The van der Waals surface area contributed by atoms with Crippen molar-refractivity contribution in [2.75, 3.05) is 24.8 Å². The molecule has 0 bridgehead atoms. The Morgan fingerprint density at radius 1 is 0.902 bits per heavy atom. The van der Waals surface area contributed by atoms with Crippen LogP contribution in [0.5, 0.6) is 5.75 Å². The number of urea groups is 1. The van der Waals surface area contributed by atoms with Crippen molar-refractivity contribution < 1.29 is 27.7 Å². The number of nitrogen functional groups attached to an aromatic ring is 1. The molecule has 0 aliphatic heterocycles. The van der Waals surface area contributed by atoms with Gasteiger partial charge in [0, 0.05) is 28.3 Å².